The molecular formula is C55H35N3. The summed E-state index contributed by atoms with van der Waals surface area (Å²) in [5.74, 6) is 0. The Bertz CT molecular complexity index is 3610. The molecule has 0 radical (unpaired) electrons. The number of benzene rings is 8. The van der Waals surface area contributed by atoms with Crippen LogP contribution in [0.3, 0.4) is 0 Å². The molecule has 0 amide bonds. The molecule has 3 nitrogen and oxygen atoms in total. The maximum atomic E-state index is 5.18. The Balaban J connectivity index is 0.939. The largest absolute Gasteiger partial charge is 0.310 e. The van der Waals surface area contributed by atoms with Crippen molar-refractivity contribution in [1.29, 1.82) is 0 Å². The summed E-state index contributed by atoms with van der Waals surface area (Å²) in [6.07, 6.45) is 8.80. The van der Waals surface area contributed by atoms with Gasteiger partial charge in [0.2, 0.25) is 0 Å². The quantitative estimate of drug-likeness (QED) is 0.176. The highest BCUT2D eigenvalue weighted by molar-refractivity contribution is 6.18. The Morgan fingerprint density at radius 3 is 2.00 bits per heavy atom. The standard InChI is InChI=1S/C55H35N3/c1-2-14-40(15-3-1)57-49-22-8-7-19-44(49)48-31-39-28-34(24-25-36(39)32-52(48)57)35-26-27-51-47(30-35)43-18-6-9-23-50(43)58(51)41-16-10-12-37(29-41)55-54-46-20-5-4-17-42(46)45-21-11-13-38(33-56-55)53(45)54/h1-9,11,13-33H,10,12H2. The normalized spacial score (nSPS) is 13.6. The van der Waals surface area contributed by atoms with Gasteiger partial charge in [-0.05, 0) is 118 Å². The van der Waals surface area contributed by atoms with E-state index in [-0.39, 0.29) is 0 Å². The van der Waals surface area contributed by atoms with Gasteiger partial charge in [-0.25, -0.2) is 0 Å². The molecule has 3 aromatic heterocycles. The van der Waals surface area contributed by atoms with Gasteiger partial charge in [-0.1, -0.05) is 121 Å². The van der Waals surface area contributed by atoms with Crippen molar-refractivity contribution in [3.63, 3.8) is 0 Å². The maximum Gasteiger partial charge on any atom is 0.0747 e. The molecule has 2 aliphatic rings. The fourth-order valence-electron chi connectivity index (χ4n) is 10.1. The average molecular weight is 738 g/mol. The lowest BCUT2D eigenvalue weighted by Crippen LogP contribution is -2.02. The van der Waals surface area contributed by atoms with Gasteiger partial charge in [-0.15, -0.1) is 0 Å². The Morgan fingerprint density at radius 2 is 1.14 bits per heavy atom. The zero-order chi connectivity index (χ0) is 37.9. The Kier molecular flexibility index (Phi) is 6.56. The highest BCUT2D eigenvalue weighted by Gasteiger charge is 2.27. The van der Waals surface area contributed by atoms with Crippen LogP contribution in [0.15, 0.2) is 188 Å². The van der Waals surface area contributed by atoms with Gasteiger partial charge in [0, 0.05) is 55.5 Å². The number of pyridine rings is 1. The van der Waals surface area contributed by atoms with Crippen molar-refractivity contribution in [3.8, 4) is 39.1 Å². The second kappa shape index (κ2) is 12.0. The third kappa shape index (κ3) is 4.47. The lowest BCUT2D eigenvalue weighted by Gasteiger charge is -2.19. The number of fused-ring (bicyclic) bond motifs is 10. The molecule has 11 aromatic rings. The first kappa shape index (κ1) is 31.7. The summed E-state index contributed by atoms with van der Waals surface area (Å²) < 4.78 is 4.86. The van der Waals surface area contributed by atoms with E-state index in [1.54, 1.807) is 0 Å². The number of hydrogen-bond donors (Lipinski definition) is 0. The summed E-state index contributed by atoms with van der Waals surface area (Å²) in [4.78, 5) is 5.18. The van der Waals surface area contributed by atoms with E-state index in [9.17, 15) is 0 Å². The van der Waals surface area contributed by atoms with Crippen molar-refractivity contribution in [2.75, 3.05) is 0 Å². The second-order valence-corrected chi connectivity index (χ2v) is 15.8. The average Bonchev–Trinajstić information content (AvgIpc) is 3.92. The summed E-state index contributed by atoms with van der Waals surface area (Å²) in [6.45, 7) is 0. The highest BCUT2D eigenvalue weighted by Crippen LogP contribution is 2.50. The number of hydrogen-bond acceptors (Lipinski definition) is 1. The first-order valence-corrected chi connectivity index (χ1v) is 20.3. The molecule has 270 valence electrons. The van der Waals surface area contributed by atoms with E-state index in [1.807, 2.05) is 0 Å². The molecule has 58 heavy (non-hydrogen) atoms. The lowest BCUT2D eigenvalue weighted by molar-refractivity contribution is 1.02. The van der Waals surface area contributed by atoms with Gasteiger partial charge in [-0.3, -0.25) is 4.98 Å². The molecule has 0 fully saturated rings. The number of aromatic nitrogens is 3. The molecule has 13 rings (SSSR count). The highest BCUT2D eigenvalue weighted by atomic mass is 15.0. The van der Waals surface area contributed by atoms with Crippen molar-refractivity contribution in [1.82, 2.24) is 14.1 Å². The zero-order valence-corrected chi connectivity index (χ0v) is 31.7. The van der Waals surface area contributed by atoms with E-state index in [4.69, 9.17) is 4.98 Å². The fourth-order valence-corrected chi connectivity index (χ4v) is 10.1. The maximum absolute atomic E-state index is 5.18. The van der Waals surface area contributed by atoms with Crippen LogP contribution in [0.2, 0.25) is 0 Å². The number of rotatable bonds is 4. The molecule has 8 aromatic carbocycles. The van der Waals surface area contributed by atoms with E-state index in [2.05, 4.69) is 197 Å². The molecule has 0 atom stereocenters. The van der Waals surface area contributed by atoms with Crippen molar-refractivity contribution >= 4 is 76.4 Å². The second-order valence-electron chi connectivity index (χ2n) is 15.8. The molecule has 0 aliphatic heterocycles. The minimum atomic E-state index is 0.960. The molecule has 2 aliphatic carbocycles. The molecule has 0 saturated carbocycles. The monoisotopic (exact) mass is 737 g/mol. The molecule has 3 heteroatoms. The molecule has 0 spiro atoms. The minimum absolute atomic E-state index is 0.960. The smallest absolute Gasteiger partial charge is 0.0747 e. The van der Waals surface area contributed by atoms with Gasteiger partial charge in [0.15, 0.2) is 0 Å². The van der Waals surface area contributed by atoms with E-state index in [1.165, 1.54) is 115 Å². The van der Waals surface area contributed by atoms with Crippen LogP contribution in [0.4, 0.5) is 0 Å². The van der Waals surface area contributed by atoms with E-state index in [0.717, 1.165) is 18.5 Å². The molecule has 0 N–H and O–H groups in total. The van der Waals surface area contributed by atoms with Gasteiger partial charge in [0.25, 0.3) is 0 Å². The van der Waals surface area contributed by atoms with Crippen LogP contribution in [0.5, 0.6) is 0 Å². The van der Waals surface area contributed by atoms with Gasteiger partial charge >= 0.3 is 0 Å². The third-order valence-electron chi connectivity index (χ3n) is 12.7. The van der Waals surface area contributed by atoms with E-state index >= 15 is 0 Å². The number of nitrogens with zero attached hydrogens (tertiary/aromatic N) is 3. The SMILES string of the molecule is C1=C(c2ncc3cccc4c3c2-c2ccccc2-4)CCC=C1n1c2ccccc2c2cc(-c3ccc4cc5c(cc4c3)c3ccccc3n5-c3ccccc3)ccc21. The van der Waals surface area contributed by atoms with Crippen LogP contribution in [0.25, 0.3) is 115 Å². The summed E-state index contributed by atoms with van der Waals surface area (Å²) in [7, 11) is 0. The van der Waals surface area contributed by atoms with E-state index in [0.29, 0.717) is 0 Å². The predicted molar refractivity (Wildman–Crippen MR) is 244 cm³/mol. The Hall–Kier alpha value is -7.49. The summed E-state index contributed by atoms with van der Waals surface area (Å²) in [5.41, 5.74) is 17.3. The first-order chi connectivity index (χ1) is 28.8. The Morgan fingerprint density at radius 1 is 0.448 bits per heavy atom. The molecule has 0 bridgehead atoms. The van der Waals surface area contributed by atoms with E-state index < -0.39 is 0 Å². The van der Waals surface area contributed by atoms with Gasteiger partial charge < -0.3 is 9.13 Å². The van der Waals surface area contributed by atoms with Crippen molar-refractivity contribution in [2.45, 2.75) is 12.8 Å². The molecule has 3 heterocycles. The first-order valence-electron chi connectivity index (χ1n) is 20.3. The van der Waals surface area contributed by atoms with Crippen LogP contribution in [0.1, 0.15) is 18.5 Å². The van der Waals surface area contributed by atoms with Crippen molar-refractivity contribution in [3.05, 3.63) is 194 Å². The predicted octanol–water partition coefficient (Wildman–Crippen LogP) is 14.6. The number of para-hydroxylation sites is 3. The van der Waals surface area contributed by atoms with Crippen LogP contribution in [-0.2, 0) is 0 Å². The van der Waals surface area contributed by atoms with Crippen LogP contribution in [0, 0.1) is 0 Å². The van der Waals surface area contributed by atoms with Crippen molar-refractivity contribution in [2.24, 2.45) is 0 Å². The summed E-state index contributed by atoms with van der Waals surface area (Å²) in [5, 5.41) is 10.1. The van der Waals surface area contributed by atoms with Crippen LogP contribution >= 0.6 is 0 Å². The molecule has 0 unspecified atom stereocenters. The molecule has 0 saturated heterocycles. The van der Waals surface area contributed by atoms with Gasteiger partial charge in [0.05, 0.1) is 27.8 Å². The minimum Gasteiger partial charge on any atom is -0.310 e. The summed E-state index contributed by atoms with van der Waals surface area (Å²) in [6, 6.07) is 62.5. The number of allylic oxidation sites excluding steroid dienone is 4. The topological polar surface area (TPSA) is 22.8 Å². The third-order valence-corrected chi connectivity index (χ3v) is 12.7. The summed E-state index contributed by atoms with van der Waals surface area (Å²) >= 11 is 0. The van der Waals surface area contributed by atoms with Gasteiger partial charge in [0.1, 0.15) is 0 Å². The van der Waals surface area contributed by atoms with Crippen molar-refractivity contribution < 1.29 is 0 Å². The van der Waals surface area contributed by atoms with Crippen LogP contribution < -0.4 is 0 Å². The molecular weight excluding hydrogens is 703 g/mol. The van der Waals surface area contributed by atoms with Crippen LogP contribution in [-0.4, -0.2) is 14.1 Å². The zero-order valence-electron chi connectivity index (χ0n) is 31.7. The van der Waals surface area contributed by atoms with Gasteiger partial charge in [-0.2, -0.15) is 0 Å². The Labute approximate surface area is 335 Å². The fraction of sp³-hybridized carbons (Fsp3) is 0.0364. The lowest BCUT2D eigenvalue weighted by atomic mass is 9.93.